The van der Waals surface area contributed by atoms with Gasteiger partial charge in [-0.1, -0.05) is 0 Å². The molecule has 0 aliphatic carbocycles. The van der Waals surface area contributed by atoms with Gasteiger partial charge in [-0.3, -0.25) is 0 Å². The van der Waals surface area contributed by atoms with E-state index in [1.165, 1.54) is 11.3 Å². The van der Waals surface area contributed by atoms with E-state index in [1.54, 1.807) is 24.3 Å². The van der Waals surface area contributed by atoms with Crippen LogP contribution in [0.3, 0.4) is 0 Å². The molecule has 19 heavy (non-hydrogen) atoms. The van der Waals surface area contributed by atoms with E-state index in [0.29, 0.717) is 11.4 Å². The van der Waals surface area contributed by atoms with Crippen LogP contribution in [0.25, 0.3) is 0 Å². The van der Waals surface area contributed by atoms with Crippen molar-refractivity contribution in [3.05, 3.63) is 40.3 Å². The lowest BCUT2D eigenvalue weighted by Gasteiger charge is -2.12. The number of nitrogens with two attached hydrogens (primary N) is 1. The number of carbonyl (C=O) groups excluding carboxylic acids is 1. The molecule has 6 heteroatoms. The normalized spacial score (nSPS) is 11.9. The fraction of sp³-hybridized carbons (Fsp3) is 0.231. The number of rotatable bonds is 3. The van der Waals surface area contributed by atoms with Gasteiger partial charge in [0.15, 0.2) is 0 Å². The van der Waals surface area contributed by atoms with Crippen LogP contribution in [0.5, 0.6) is 0 Å². The molecule has 1 aromatic heterocycles. The third-order valence-electron chi connectivity index (χ3n) is 2.52. The number of carbonyl (C=O) groups is 1. The molecule has 0 bridgehead atoms. The number of nitrogen functional groups attached to an aromatic ring is 1. The lowest BCUT2D eigenvalue weighted by Crippen LogP contribution is -2.31. The molecular weight excluding hydrogens is 260 g/mol. The molecule has 1 atom stereocenters. The standard InChI is InChI=1S/C13H16N4OS/c1-8-7-19-12(15-8)9(2)16-13(18)17-11-5-3-10(14)4-6-11/h3-7,9H,14H2,1-2H3,(H2,16,17,18). The highest BCUT2D eigenvalue weighted by molar-refractivity contribution is 7.09. The molecule has 0 aliphatic heterocycles. The van der Waals surface area contributed by atoms with Gasteiger partial charge in [-0.2, -0.15) is 0 Å². The molecule has 4 N–H and O–H groups in total. The molecule has 0 saturated heterocycles. The van der Waals surface area contributed by atoms with Crippen molar-refractivity contribution in [3.63, 3.8) is 0 Å². The third-order valence-corrected chi connectivity index (χ3v) is 3.67. The summed E-state index contributed by atoms with van der Waals surface area (Å²) in [5.74, 6) is 0. The zero-order chi connectivity index (χ0) is 13.8. The molecule has 0 radical (unpaired) electrons. The van der Waals surface area contributed by atoms with Crippen molar-refractivity contribution in [1.29, 1.82) is 0 Å². The minimum absolute atomic E-state index is 0.118. The van der Waals surface area contributed by atoms with Gasteiger partial charge in [-0.05, 0) is 38.1 Å². The maximum absolute atomic E-state index is 11.8. The van der Waals surface area contributed by atoms with Crippen molar-refractivity contribution in [2.24, 2.45) is 0 Å². The second-order valence-corrected chi connectivity index (χ2v) is 5.16. The predicted octanol–water partition coefficient (Wildman–Crippen LogP) is 2.92. The predicted molar refractivity (Wildman–Crippen MR) is 78.3 cm³/mol. The van der Waals surface area contributed by atoms with E-state index in [1.807, 2.05) is 19.2 Å². The summed E-state index contributed by atoms with van der Waals surface area (Å²) in [6, 6.07) is 6.62. The van der Waals surface area contributed by atoms with Crippen LogP contribution in [-0.2, 0) is 0 Å². The number of anilines is 2. The number of aryl methyl sites for hydroxylation is 1. The molecule has 2 rings (SSSR count). The van der Waals surface area contributed by atoms with E-state index in [2.05, 4.69) is 15.6 Å². The van der Waals surface area contributed by atoms with Crippen molar-refractivity contribution in [1.82, 2.24) is 10.3 Å². The van der Waals surface area contributed by atoms with E-state index >= 15 is 0 Å². The Morgan fingerprint density at radius 3 is 2.63 bits per heavy atom. The Morgan fingerprint density at radius 1 is 1.37 bits per heavy atom. The van der Waals surface area contributed by atoms with Gasteiger partial charge in [0.2, 0.25) is 0 Å². The molecule has 2 amide bonds. The summed E-state index contributed by atoms with van der Waals surface area (Å²) in [6.45, 7) is 3.84. The second-order valence-electron chi connectivity index (χ2n) is 4.27. The molecule has 0 saturated carbocycles. The van der Waals surface area contributed by atoms with Crippen LogP contribution in [0.1, 0.15) is 23.7 Å². The van der Waals surface area contributed by atoms with Crippen LogP contribution in [0.2, 0.25) is 0 Å². The van der Waals surface area contributed by atoms with Crippen molar-refractivity contribution >= 4 is 28.7 Å². The molecule has 1 unspecified atom stereocenters. The highest BCUT2D eigenvalue weighted by atomic mass is 32.1. The van der Waals surface area contributed by atoms with Crippen LogP contribution in [-0.4, -0.2) is 11.0 Å². The lowest BCUT2D eigenvalue weighted by atomic mass is 10.3. The third kappa shape index (κ3) is 3.69. The molecular formula is C13H16N4OS. The fourth-order valence-electron chi connectivity index (χ4n) is 1.56. The van der Waals surface area contributed by atoms with E-state index in [0.717, 1.165) is 10.7 Å². The largest absolute Gasteiger partial charge is 0.399 e. The summed E-state index contributed by atoms with van der Waals surface area (Å²) in [4.78, 5) is 16.2. The van der Waals surface area contributed by atoms with Gasteiger partial charge < -0.3 is 16.4 Å². The highest BCUT2D eigenvalue weighted by Gasteiger charge is 2.12. The molecule has 0 fully saturated rings. The maximum Gasteiger partial charge on any atom is 0.319 e. The number of nitrogens with one attached hydrogen (secondary N) is 2. The van der Waals surface area contributed by atoms with Crippen LogP contribution in [0.4, 0.5) is 16.2 Å². The summed E-state index contributed by atoms with van der Waals surface area (Å²) < 4.78 is 0. The van der Waals surface area contributed by atoms with Gasteiger partial charge >= 0.3 is 6.03 Å². The number of hydrogen-bond acceptors (Lipinski definition) is 4. The number of urea groups is 1. The Bertz CT molecular complexity index is 564. The number of thiazole rings is 1. The van der Waals surface area contributed by atoms with Crippen LogP contribution < -0.4 is 16.4 Å². The molecule has 100 valence electrons. The molecule has 0 spiro atoms. The van der Waals surface area contributed by atoms with Gasteiger partial charge in [-0.25, -0.2) is 9.78 Å². The highest BCUT2D eigenvalue weighted by Crippen LogP contribution is 2.17. The SMILES string of the molecule is Cc1csc(C(C)NC(=O)Nc2ccc(N)cc2)n1. The van der Waals surface area contributed by atoms with Gasteiger partial charge in [0.1, 0.15) is 5.01 Å². The monoisotopic (exact) mass is 276 g/mol. The molecule has 1 heterocycles. The summed E-state index contributed by atoms with van der Waals surface area (Å²) in [5, 5.41) is 8.44. The Balaban J connectivity index is 1.92. The van der Waals surface area contributed by atoms with E-state index in [-0.39, 0.29) is 12.1 Å². The first-order chi connectivity index (χ1) is 9.04. The maximum atomic E-state index is 11.8. The van der Waals surface area contributed by atoms with Crippen LogP contribution in [0.15, 0.2) is 29.6 Å². The van der Waals surface area contributed by atoms with Crippen LogP contribution >= 0.6 is 11.3 Å². The van der Waals surface area contributed by atoms with E-state index in [9.17, 15) is 4.79 Å². The number of aromatic nitrogens is 1. The van der Waals surface area contributed by atoms with Gasteiger partial charge in [0.25, 0.3) is 0 Å². The van der Waals surface area contributed by atoms with E-state index < -0.39 is 0 Å². The van der Waals surface area contributed by atoms with Gasteiger partial charge in [-0.15, -0.1) is 11.3 Å². The first kappa shape index (κ1) is 13.4. The van der Waals surface area contributed by atoms with Gasteiger partial charge in [0.05, 0.1) is 6.04 Å². The second kappa shape index (κ2) is 5.71. The Kier molecular flexibility index (Phi) is 4.01. The fourth-order valence-corrected chi connectivity index (χ4v) is 2.37. The van der Waals surface area contributed by atoms with Crippen molar-refractivity contribution in [2.45, 2.75) is 19.9 Å². The summed E-state index contributed by atoms with van der Waals surface area (Å²) in [5.41, 5.74) is 7.91. The quantitative estimate of drug-likeness (QED) is 0.754. The first-order valence-corrected chi connectivity index (χ1v) is 6.77. The zero-order valence-corrected chi connectivity index (χ0v) is 11.6. The zero-order valence-electron chi connectivity index (χ0n) is 10.8. The minimum atomic E-state index is -0.259. The lowest BCUT2D eigenvalue weighted by molar-refractivity contribution is 0.249. The topological polar surface area (TPSA) is 80.0 Å². The molecule has 5 nitrogen and oxygen atoms in total. The Morgan fingerprint density at radius 2 is 2.05 bits per heavy atom. The van der Waals surface area contributed by atoms with Crippen LogP contribution in [0, 0.1) is 6.92 Å². The number of benzene rings is 1. The summed E-state index contributed by atoms with van der Waals surface area (Å²) in [6.07, 6.45) is 0. The average molecular weight is 276 g/mol. The minimum Gasteiger partial charge on any atom is -0.399 e. The Hall–Kier alpha value is -2.08. The first-order valence-electron chi connectivity index (χ1n) is 5.89. The molecule has 1 aromatic carbocycles. The Labute approximate surface area is 115 Å². The van der Waals surface area contributed by atoms with Crippen molar-refractivity contribution < 1.29 is 4.79 Å². The number of hydrogen-bond donors (Lipinski definition) is 3. The summed E-state index contributed by atoms with van der Waals surface area (Å²) >= 11 is 1.54. The molecule has 0 aliphatic rings. The average Bonchev–Trinajstić information content (AvgIpc) is 2.79. The van der Waals surface area contributed by atoms with Gasteiger partial charge in [0, 0.05) is 22.4 Å². The smallest absolute Gasteiger partial charge is 0.319 e. The number of nitrogens with zero attached hydrogens (tertiary/aromatic N) is 1. The summed E-state index contributed by atoms with van der Waals surface area (Å²) in [7, 11) is 0. The molecule has 2 aromatic rings. The van der Waals surface area contributed by atoms with Crippen molar-refractivity contribution in [3.8, 4) is 0 Å². The number of amides is 2. The van der Waals surface area contributed by atoms with Crippen molar-refractivity contribution in [2.75, 3.05) is 11.1 Å². The van der Waals surface area contributed by atoms with E-state index in [4.69, 9.17) is 5.73 Å².